The summed E-state index contributed by atoms with van der Waals surface area (Å²) >= 11 is 0. The SMILES string of the molecule is CCc1ccc(C)[n+](Cc2ccccc2)c1.[Cl-]. The third-order valence-electron chi connectivity index (χ3n) is 2.92. The van der Waals surface area contributed by atoms with Crippen molar-refractivity contribution >= 4 is 0 Å². The number of hydrogen-bond donors (Lipinski definition) is 0. The van der Waals surface area contributed by atoms with Gasteiger partial charge >= 0.3 is 0 Å². The predicted molar refractivity (Wildman–Crippen MR) is 66.3 cm³/mol. The Kier molecular flexibility index (Phi) is 5.17. The quantitative estimate of drug-likeness (QED) is 0.667. The summed E-state index contributed by atoms with van der Waals surface area (Å²) in [6.07, 6.45) is 3.34. The molecule has 0 N–H and O–H groups in total. The van der Waals surface area contributed by atoms with E-state index in [1.54, 1.807) is 0 Å². The maximum Gasteiger partial charge on any atom is 0.178 e. The Morgan fingerprint density at radius 1 is 0.941 bits per heavy atom. The molecule has 0 unspecified atom stereocenters. The van der Waals surface area contributed by atoms with Crippen LogP contribution in [0.5, 0.6) is 0 Å². The van der Waals surface area contributed by atoms with E-state index < -0.39 is 0 Å². The van der Waals surface area contributed by atoms with Gasteiger partial charge in [-0.15, -0.1) is 0 Å². The highest BCUT2D eigenvalue weighted by atomic mass is 35.5. The van der Waals surface area contributed by atoms with Crippen LogP contribution in [0.1, 0.15) is 23.7 Å². The van der Waals surface area contributed by atoms with E-state index in [4.69, 9.17) is 0 Å². The van der Waals surface area contributed by atoms with Gasteiger partial charge in [-0.05, 0) is 12.5 Å². The number of aryl methyl sites for hydroxylation is 2. The van der Waals surface area contributed by atoms with Crippen LogP contribution in [0.15, 0.2) is 48.7 Å². The number of benzene rings is 1. The number of hydrogen-bond acceptors (Lipinski definition) is 0. The van der Waals surface area contributed by atoms with Crippen molar-refractivity contribution in [3.05, 3.63) is 65.5 Å². The number of rotatable bonds is 3. The van der Waals surface area contributed by atoms with Crippen LogP contribution in [-0.2, 0) is 13.0 Å². The van der Waals surface area contributed by atoms with Crippen LogP contribution in [0.2, 0.25) is 0 Å². The second kappa shape index (κ2) is 6.41. The van der Waals surface area contributed by atoms with Crippen molar-refractivity contribution in [2.45, 2.75) is 26.8 Å². The first-order valence-corrected chi connectivity index (χ1v) is 5.82. The molecule has 0 saturated heterocycles. The van der Waals surface area contributed by atoms with Crippen molar-refractivity contribution in [1.29, 1.82) is 0 Å². The summed E-state index contributed by atoms with van der Waals surface area (Å²) < 4.78 is 2.31. The molecule has 0 bridgehead atoms. The van der Waals surface area contributed by atoms with Crippen molar-refractivity contribution in [3.63, 3.8) is 0 Å². The van der Waals surface area contributed by atoms with Crippen molar-refractivity contribution in [1.82, 2.24) is 0 Å². The maximum atomic E-state index is 2.31. The van der Waals surface area contributed by atoms with Crippen molar-refractivity contribution < 1.29 is 17.0 Å². The average Bonchev–Trinajstić information content (AvgIpc) is 2.33. The van der Waals surface area contributed by atoms with E-state index in [1.807, 2.05) is 0 Å². The fourth-order valence-electron chi connectivity index (χ4n) is 1.83. The van der Waals surface area contributed by atoms with Gasteiger partial charge in [0.2, 0.25) is 0 Å². The monoisotopic (exact) mass is 247 g/mol. The van der Waals surface area contributed by atoms with Gasteiger partial charge in [-0.3, -0.25) is 0 Å². The Balaban J connectivity index is 0.00000144. The van der Waals surface area contributed by atoms with Crippen LogP contribution in [-0.4, -0.2) is 0 Å². The summed E-state index contributed by atoms with van der Waals surface area (Å²) in [5.74, 6) is 0. The Morgan fingerprint density at radius 2 is 1.65 bits per heavy atom. The van der Waals surface area contributed by atoms with Gasteiger partial charge in [-0.25, -0.2) is 0 Å². The molecular formula is C15H18ClN. The van der Waals surface area contributed by atoms with E-state index >= 15 is 0 Å². The van der Waals surface area contributed by atoms with Crippen molar-refractivity contribution in [2.24, 2.45) is 0 Å². The Labute approximate surface area is 110 Å². The van der Waals surface area contributed by atoms with E-state index in [9.17, 15) is 0 Å². The molecule has 2 rings (SSSR count). The van der Waals surface area contributed by atoms with Gasteiger partial charge in [-0.2, -0.15) is 4.57 Å². The first-order valence-electron chi connectivity index (χ1n) is 5.82. The summed E-state index contributed by atoms with van der Waals surface area (Å²) in [5.41, 5.74) is 4.05. The molecule has 0 fully saturated rings. The van der Waals surface area contributed by atoms with Crippen molar-refractivity contribution in [3.8, 4) is 0 Å². The largest absolute Gasteiger partial charge is 1.00 e. The van der Waals surface area contributed by atoms with Crippen LogP contribution in [0.25, 0.3) is 0 Å². The lowest BCUT2D eigenvalue weighted by atomic mass is 10.2. The minimum atomic E-state index is 0. The highest BCUT2D eigenvalue weighted by Gasteiger charge is 2.07. The van der Waals surface area contributed by atoms with Gasteiger partial charge in [0.1, 0.15) is 0 Å². The fourth-order valence-corrected chi connectivity index (χ4v) is 1.83. The third-order valence-corrected chi connectivity index (χ3v) is 2.92. The van der Waals surface area contributed by atoms with Crippen LogP contribution in [0.4, 0.5) is 0 Å². The lowest BCUT2D eigenvalue weighted by molar-refractivity contribution is -0.694. The number of nitrogens with zero attached hydrogens (tertiary/aromatic N) is 1. The van der Waals surface area contributed by atoms with E-state index in [2.05, 4.69) is 67.1 Å². The number of pyridine rings is 1. The summed E-state index contributed by atoms with van der Waals surface area (Å²) in [6, 6.07) is 15.0. The molecule has 0 radical (unpaired) electrons. The number of halogens is 1. The van der Waals surface area contributed by atoms with Gasteiger partial charge in [0.05, 0.1) is 0 Å². The molecule has 0 aliphatic rings. The molecule has 0 aliphatic heterocycles. The van der Waals surface area contributed by atoms with Gasteiger partial charge in [0.15, 0.2) is 18.4 Å². The van der Waals surface area contributed by atoms with E-state index in [-0.39, 0.29) is 12.4 Å². The zero-order chi connectivity index (χ0) is 11.4. The second-order valence-electron chi connectivity index (χ2n) is 4.15. The van der Waals surface area contributed by atoms with Gasteiger partial charge in [0, 0.05) is 24.1 Å². The predicted octanol–water partition coefficient (Wildman–Crippen LogP) is -0.103. The smallest absolute Gasteiger partial charge is 0.178 e. The standard InChI is InChI=1S/C15H18N.ClH/c1-3-14-10-9-13(2)16(11-14)12-15-7-5-4-6-8-15;/h4-11H,3,12H2,1-2H3;1H/q+1;/p-1. The Hall–Kier alpha value is -1.34. The topological polar surface area (TPSA) is 3.88 Å². The van der Waals surface area contributed by atoms with E-state index in [0.29, 0.717) is 0 Å². The summed E-state index contributed by atoms with van der Waals surface area (Å²) in [5, 5.41) is 0. The van der Waals surface area contributed by atoms with E-state index in [0.717, 1.165) is 13.0 Å². The molecule has 1 nitrogen and oxygen atoms in total. The normalized spacial score (nSPS) is 9.76. The fraction of sp³-hybridized carbons (Fsp3) is 0.267. The van der Waals surface area contributed by atoms with Crippen LogP contribution < -0.4 is 17.0 Å². The molecule has 2 heteroatoms. The molecule has 0 aliphatic carbocycles. The number of aromatic nitrogens is 1. The Morgan fingerprint density at radius 3 is 2.29 bits per heavy atom. The van der Waals surface area contributed by atoms with Gasteiger partial charge < -0.3 is 12.4 Å². The zero-order valence-electron chi connectivity index (χ0n) is 10.4. The maximum absolute atomic E-state index is 2.31. The van der Waals surface area contributed by atoms with Crippen LogP contribution in [0.3, 0.4) is 0 Å². The summed E-state index contributed by atoms with van der Waals surface area (Å²) in [6.45, 7) is 5.31. The minimum absolute atomic E-state index is 0. The summed E-state index contributed by atoms with van der Waals surface area (Å²) in [7, 11) is 0. The summed E-state index contributed by atoms with van der Waals surface area (Å²) in [4.78, 5) is 0. The molecule has 1 aromatic heterocycles. The second-order valence-corrected chi connectivity index (χ2v) is 4.15. The molecule has 90 valence electrons. The van der Waals surface area contributed by atoms with Gasteiger partial charge in [-0.1, -0.05) is 37.3 Å². The first kappa shape index (κ1) is 13.7. The van der Waals surface area contributed by atoms with Crippen molar-refractivity contribution in [2.75, 3.05) is 0 Å². The molecule has 0 saturated carbocycles. The van der Waals surface area contributed by atoms with Crippen LogP contribution in [0, 0.1) is 6.92 Å². The molecule has 1 heterocycles. The third kappa shape index (κ3) is 3.57. The van der Waals surface area contributed by atoms with E-state index in [1.165, 1.54) is 16.8 Å². The molecule has 2 aromatic rings. The Bertz CT molecular complexity index is 466. The highest BCUT2D eigenvalue weighted by Crippen LogP contribution is 2.02. The highest BCUT2D eigenvalue weighted by molar-refractivity contribution is 5.14. The molecule has 1 aromatic carbocycles. The zero-order valence-corrected chi connectivity index (χ0v) is 11.1. The molecule has 0 atom stereocenters. The van der Waals surface area contributed by atoms with Gasteiger partial charge in [0.25, 0.3) is 0 Å². The molecule has 0 spiro atoms. The lowest BCUT2D eigenvalue weighted by Gasteiger charge is -2.02. The molecular weight excluding hydrogens is 230 g/mol. The first-order chi connectivity index (χ1) is 7.79. The molecule has 17 heavy (non-hydrogen) atoms. The van der Waals surface area contributed by atoms with Crippen LogP contribution >= 0.6 is 0 Å². The minimum Gasteiger partial charge on any atom is -1.00 e. The lowest BCUT2D eigenvalue weighted by Crippen LogP contribution is -3.00. The average molecular weight is 248 g/mol. The molecule has 0 amide bonds.